The van der Waals surface area contributed by atoms with E-state index in [9.17, 15) is 10.1 Å². The van der Waals surface area contributed by atoms with E-state index in [1.165, 1.54) is 32.0 Å². The van der Waals surface area contributed by atoms with Gasteiger partial charge in [0.05, 0.1) is 4.92 Å². The molecule has 2 atom stereocenters. The molecule has 2 heterocycles. The third kappa shape index (κ3) is 3.80. The minimum absolute atomic E-state index is 0.0562. The van der Waals surface area contributed by atoms with E-state index in [-0.39, 0.29) is 27.5 Å². The van der Waals surface area contributed by atoms with Crippen molar-refractivity contribution in [2.24, 2.45) is 10.8 Å². The van der Waals surface area contributed by atoms with Gasteiger partial charge in [0.1, 0.15) is 6.33 Å². The molecule has 4 rings (SSSR count). The Kier molecular flexibility index (Phi) is 4.96. The lowest BCUT2D eigenvalue weighted by Crippen LogP contribution is -2.35. The zero-order chi connectivity index (χ0) is 19.9. The number of anilines is 2. The molecule has 28 heavy (non-hydrogen) atoms. The fourth-order valence-electron chi connectivity index (χ4n) is 6.18. The van der Waals surface area contributed by atoms with Crippen molar-refractivity contribution >= 4 is 17.3 Å². The van der Waals surface area contributed by atoms with Crippen LogP contribution in [0.2, 0.25) is 0 Å². The molecule has 154 valence electrons. The number of hydrogen-bond acceptors (Lipinski definition) is 6. The lowest BCUT2D eigenvalue weighted by atomic mass is 9.65. The molecule has 2 bridgehead atoms. The fraction of sp³-hybridized carbons (Fsp3) is 0.810. The predicted octanol–water partition coefficient (Wildman–Crippen LogP) is 4.92. The summed E-state index contributed by atoms with van der Waals surface area (Å²) in [6.07, 6.45) is 11.7. The zero-order valence-electron chi connectivity index (χ0n) is 17.4. The van der Waals surface area contributed by atoms with Crippen LogP contribution in [0, 0.1) is 20.9 Å². The van der Waals surface area contributed by atoms with E-state index >= 15 is 0 Å². The Morgan fingerprint density at radius 2 is 1.86 bits per heavy atom. The molecular formula is C21H33N5O2. The van der Waals surface area contributed by atoms with Crippen LogP contribution in [0.1, 0.15) is 78.6 Å². The molecule has 1 N–H and O–H groups in total. The maximum absolute atomic E-state index is 12.1. The monoisotopic (exact) mass is 387 g/mol. The Bertz CT molecular complexity index is 744. The summed E-state index contributed by atoms with van der Waals surface area (Å²) in [6, 6.07) is 0.575. The third-order valence-corrected chi connectivity index (χ3v) is 6.87. The summed E-state index contributed by atoms with van der Waals surface area (Å²) in [5, 5.41) is 15.5. The number of aromatic nitrogens is 2. The summed E-state index contributed by atoms with van der Waals surface area (Å²) in [5.41, 5.74) is 0.510. The molecule has 7 heteroatoms. The minimum Gasteiger partial charge on any atom is -0.361 e. The fourth-order valence-corrected chi connectivity index (χ4v) is 6.18. The third-order valence-electron chi connectivity index (χ3n) is 6.87. The van der Waals surface area contributed by atoms with Crippen LogP contribution < -0.4 is 10.2 Å². The molecule has 0 aromatic carbocycles. The van der Waals surface area contributed by atoms with Crippen molar-refractivity contribution < 1.29 is 4.92 Å². The first-order chi connectivity index (χ1) is 13.3. The van der Waals surface area contributed by atoms with Crippen molar-refractivity contribution in [2.75, 3.05) is 16.8 Å². The van der Waals surface area contributed by atoms with Crippen LogP contribution in [0.25, 0.3) is 0 Å². The van der Waals surface area contributed by atoms with Crippen molar-refractivity contribution in [1.82, 2.24) is 9.97 Å². The van der Waals surface area contributed by atoms with Gasteiger partial charge in [0.2, 0.25) is 11.6 Å². The van der Waals surface area contributed by atoms with Crippen LogP contribution >= 0.6 is 0 Å². The second kappa shape index (κ2) is 7.16. The summed E-state index contributed by atoms with van der Waals surface area (Å²) < 4.78 is 0. The summed E-state index contributed by atoms with van der Waals surface area (Å²) in [6.45, 7) is 7.78. The second-order valence-electron chi connectivity index (χ2n) is 10.3. The standard InChI is InChI=1S/C21H33N5O2/c1-20(2)10-16-11-21(3,12-20)13-25(16)19-17(26(27)28)18(22-14-23-19)24-15-8-6-4-5-7-9-15/h14-16H,4-13H2,1-3H3,(H,22,23,24). The number of rotatable bonds is 4. The van der Waals surface area contributed by atoms with E-state index in [0.717, 1.165) is 38.6 Å². The molecule has 3 fully saturated rings. The molecular weight excluding hydrogens is 354 g/mol. The van der Waals surface area contributed by atoms with Gasteiger partial charge in [0, 0.05) is 18.6 Å². The molecule has 0 radical (unpaired) electrons. The second-order valence-corrected chi connectivity index (χ2v) is 10.3. The van der Waals surface area contributed by atoms with Gasteiger partial charge in [-0.05, 0) is 42.9 Å². The topological polar surface area (TPSA) is 84.2 Å². The van der Waals surface area contributed by atoms with Gasteiger partial charge in [-0.3, -0.25) is 10.1 Å². The quantitative estimate of drug-likeness (QED) is 0.448. The maximum atomic E-state index is 12.1. The van der Waals surface area contributed by atoms with E-state index in [2.05, 4.69) is 41.0 Å². The molecule has 1 saturated heterocycles. The molecule has 7 nitrogen and oxygen atoms in total. The zero-order valence-corrected chi connectivity index (χ0v) is 17.4. The number of nitro groups is 1. The normalized spacial score (nSPS) is 30.1. The van der Waals surface area contributed by atoms with E-state index in [4.69, 9.17) is 0 Å². The van der Waals surface area contributed by atoms with Gasteiger partial charge in [-0.15, -0.1) is 0 Å². The largest absolute Gasteiger partial charge is 0.361 e. The van der Waals surface area contributed by atoms with Crippen molar-refractivity contribution in [1.29, 1.82) is 0 Å². The van der Waals surface area contributed by atoms with Crippen LogP contribution in [-0.4, -0.2) is 33.5 Å². The Morgan fingerprint density at radius 1 is 1.14 bits per heavy atom. The number of nitrogens with zero attached hydrogens (tertiary/aromatic N) is 4. The Balaban J connectivity index is 1.65. The lowest BCUT2D eigenvalue weighted by Gasteiger charge is -2.39. The van der Waals surface area contributed by atoms with E-state index < -0.39 is 0 Å². The summed E-state index contributed by atoms with van der Waals surface area (Å²) in [7, 11) is 0. The molecule has 3 aliphatic rings. The number of nitrogens with one attached hydrogen (secondary N) is 1. The van der Waals surface area contributed by atoms with E-state index in [1.54, 1.807) is 0 Å². The molecule has 0 amide bonds. The van der Waals surface area contributed by atoms with Gasteiger partial charge in [-0.25, -0.2) is 9.97 Å². The molecule has 2 saturated carbocycles. The van der Waals surface area contributed by atoms with Crippen molar-refractivity contribution in [3.63, 3.8) is 0 Å². The van der Waals surface area contributed by atoms with Gasteiger partial charge < -0.3 is 10.2 Å². The van der Waals surface area contributed by atoms with Crippen molar-refractivity contribution in [2.45, 2.75) is 90.6 Å². The van der Waals surface area contributed by atoms with Crippen molar-refractivity contribution in [3.8, 4) is 0 Å². The lowest BCUT2D eigenvalue weighted by molar-refractivity contribution is -0.383. The summed E-state index contributed by atoms with van der Waals surface area (Å²) >= 11 is 0. The molecule has 0 spiro atoms. The molecule has 1 aromatic heterocycles. The Labute approximate surface area is 167 Å². The number of fused-ring (bicyclic) bond motifs is 2. The van der Waals surface area contributed by atoms with Crippen LogP contribution in [0.4, 0.5) is 17.3 Å². The SMILES string of the molecule is CC1(C)CC2CC(C)(CN2c2ncnc(NC3CCCCCC3)c2[N+](=O)[O-])C1. The number of hydrogen-bond donors (Lipinski definition) is 1. The van der Waals surface area contributed by atoms with Gasteiger partial charge in [0.25, 0.3) is 0 Å². The molecule has 1 aliphatic heterocycles. The van der Waals surface area contributed by atoms with Gasteiger partial charge >= 0.3 is 5.69 Å². The van der Waals surface area contributed by atoms with Crippen LogP contribution in [-0.2, 0) is 0 Å². The summed E-state index contributed by atoms with van der Waals surface area (Å²) in [4.78, 5) is 22.7. The highest BCUT2D eigenvalue weighted by Gasteiger charge is 2.51. The maximum Gasteiger partial charge on any atom is 0.353 e. The highest BCUT2D eigenvalue weighted by atomic mass is 16.6. The minimum atomic E-state index is -0.288. The van der Waals surface area contributed by atoms with Crippen molar-refractivity contribution in [3.05, 3.63) is 16.4 Å². The Morgan fingerprint density at radius 3 is 2.54 bits per heavy atom. The predicted molar refractivity (Wildman–Crippen MR) is 111 cm³/mol. The molecule has 1 aromatic rings. The average molecular weight is 388 g/mol. The van der Waals surface area contributed by atoms with Crippen LogP contribution in [0.3, 0.4) is 0 Å². The first kappa shape index (κ1) is 19.4. The van der Waals surface area contributed by atoms with Crippen LogP contribution in [0.15, 0.2) is 6.33 Å². The highest BCUT2D eigenvalue weighted by Crippen LogP contribution is 2.54. The van der Waals surface area contributed by atoms with Gasteiger partial charge in [-0.2, -0.15) is 0 Å². The van der Waals surface area contributed by atoms with Crippen LogP contribution in [0.5, 0.6) is 0 Å². The Hall–Kier alpha value is -1.92. The summed E-state index contributed by atoms with van der Waals surface area (Å²) in [5.74, 6) is 0.898. The van der Waals surface area contributed by atoms with Gasteiger partial charge in [-0.1, -0.05) is 46.5 Å². The van der Waals surface area contributed by atoms with E-state index in [1.807, 2.05) is 0 Å². The van der Waals surface area contributed by atoms with Gasteiger partial charge in [0.15, 0.2) is 0 Å². The molecule has 2 aliphatic carbocycles. The first-order valence-electron chi connectivity index (χ1n) is 10.8. The average Bonchev–Trinajstić information content (AvgIpc) is 2.76. The smallest absolute Gasteiger partial charge is 0.353 e. The first-order valence-corrected chi connectivity index (χ1v) is 10.8. The molecule has 2 unspecified atom stereocenters. The highest BCUT2D eigenvalue weighted by molar-refractivity contribution is 5.71. The van der Waals surface area contributed by atoms with E-state index in [0.29, 0.717) is 17.7 Å².